The number of morpholine rings is 1. The van der Waals surface area contributed by atoms with Crippen LogP contribution < -0.4 is 5.73 Å². The molecule has 2 aliphatic heterocycles. The Bertz CT molecular complexity index is 223. The molecule has 2 aliphatic rings. The molecule has 4 heteroatoms. The summed E-state index contributed by atoms with van der Waals surface area (Å²) in [5.74, 6) is 0. The van der Waals surface area contributed by atoms with E-state index >= 15 is 0 Å². The first kappa shape index (κ1) is 12.3. The molecule has 16 heavy (non-hydrogen) atoms. The lowest BCUT2D eigenvalue weighted by Gasteiger charge is -2.35. The first-order valence-electron chi connectivity index (χ1n) is 6.40. The van der Waals surface area contributed by atoms with Crippen LogP contribution in [0.15, 0.2) is 0 Å². The summed E-state index contributed by atoms with van der Waals surface area (Å²) in [6, 6.07) is 0.117. The summed E-state index contributed by atoms with van der Waals surface area (Å²) < 4.78 is 11.5. The number of hydrogen-bond acceptors (Lipinski definition) is 4. The van der Waals surface area contributed by atoms with E-state index in [1.165, 1.54) is 12.8 Å². The molecule has 4 nitrogen and oxygen atoms in total. The Labute approximate surface area is 98.1 Å². The van der Waals surface area contributed by atoms with Crippen LogP contribution in [0.2, 0.25) is 0 Å². The predicted octanol–water partition coefficient (Wildman–Crippen LogP) is 0.602. The van der Waals surface area contributed by atoms with Gasteiger partial charge in [0.25, 0.3) is 0 Å². The molecule has 0 aromatic carbocycles. The SMILES string of the molecule is CC1CCC(CN2CCOC(C(C)N)C2)O1. The van der Waals surface area contributed by atoms with Gasteiger partial charge in [-0.3, -0.25) is 4.90 Å². The summed E-state index contributed by atoms with van der Waals surface area (Å²) in [5.41, 5.74) is 5.88. The van der Waals surface area contributed by atoms with Crippen LogP contribution >= 0.6 is 0 Å². The van der Waals surface area contributed by atoms with Gasteiger partial charge in [-0.25, -0.2) is 0 Å². The van der Waals surface area contributed by atoms with Gasteiger partial charge < -0.3 is 15.2 Å². The van der Waals surface area contributed by atoms with Crippen LogP contribution in [0.3, 0.4) is 0 Å². The van der Waals surface area contributed by atoms with Gasteiger partial charge in [0.2, 0.25) is 0 Å². The molecule has 0 amide bonds. The lowest BCUT2D eigenvalue weighted by Crippen LogP contribution is -2.51. The summed E-state index contributed by atoms with van der Waals surface area (Å²) in [6.45, 7) is 7.97. The molecular weight excluding hydrogens is 204 g/mol. The first-order chi connectivity index (χ1) is 7.65. The molecule has 2 rings (SSSR count). The molecule has 0 bridgehead atoms. The van der Waals surface area contributed by atoms with E-state index in [2.05, 4.69) is 11.8 Å². The van der Waals surface area contributed by atoms with Gasteiger partial charge in [0.05, 0.1) is 24.9 Å². The minimum absolute atomic E-state index is 0.117. The maximum absolute atomic E-state index is 5.88. The zero-order valence-electron chi connectivity index (χ0n) is 10.4. The van der Waals surface area contributed by atoms with Crippen LogP contribution in [0.25, 0.3) is 0 Å². The van der Waals surface area contributed by atoms with Gasteiger partial charge >= 0.3 is 0 Å². The molecule has 0 aromatic heterocycles. The second kappa shape index (κ2) is 5.45. The van der Waals surface area contributed by atoms with Crippen LogP contribution in [0.5, 0.6) is 0 Å². The van der Waals surface area contributed by atoms with E-state index in [4.69, 9.17) is 15.2 Å². The van der Waals surface area contributed by atoms with Crippen LogP contribution in [-0.4, -0.2) is 55.5 Å². The second-order valence-corrected chi connectivity index (χ2v) is 5.17. The van der Waals surface area contributed by atoms with E-state index < -0.39 is 0 Å². The molecule has 4 unspecified atom stereocenters. The van der Waals surface area contributed by atoms with Crippen LogP contribution in [0.4, 0.5) is 0 Å². The fourth-order valence-corrected chi connectivity index (χ4v) is 2.52. The second-order valence-electron chi connectivity index (χ2n) is 5.17. The number of hydrogen-bond donors (Lipinski definition) is 1. The van der Waals surface area contributed by atoms with Gasteiger partial charge in [-0.2, -0.15) is 0 Å². The van der Waals surface area contributed by atoms with E-state index in [9.17, 15) is 0 Å². The Morgan fingerprint density at radius 2 is 2.25 bits per heavy atom. The highest BCUT2D eigenvalue weighted by molar-refractivity contribution is 4.81. The highest BCUT2D eigenvalue weighted by Gasteiger charge is 2.28. The van der Waals surface area contributed by atoms with E-state index in [-0.39, 0.29) is 12.1 Å². The monoisotopic (exact) mass is 228 g/mol. The minimum atomic E-state index is 0.117. The topological polar surface area (TPSA) is 47.7 Å². The molecule has 2 fully saturated rings. The van der Waals surface area contributed by atoms with Gasteiger partial charge in [0, 0.05) is 25.7 Å². The van der Waals surface area contributed by atoms with E-state index in [0.29, 0.717) is 12.2 Å². The van der Waals surface area contributed by atoms with Crippen molar-refractivity contribution in [1.29, 1.82) is 0 Å². The fourth-order valence-electron chi connectivity index (χ4n) is 2.52. The molecule has 2 saturated heterocycles. The van der Waals surface area contributed by atoms with Crippen molar-refractivity contribution in [3.63, 3.8) is 0 Å². The highest BCUT2D eigenvalue weighted by Crippen LogP contribution is 2.20. The molecule has 0 saturated carbocycles. The lowest BCUT2D eigenvalue weighted by molar-refractivity contribution is -0.0551. The van der Waals surface area contributed by atoms with E-state index in [1.54, 1.807) is 0 Å². The molecule has 2 heterocycles. The number of ether oxygens (including phenoxy) is 2. The first-order valence-corrected chi connectivity index (χ1v) is 6.40. The third kappa shape index (κ3) is 3.17. The van der Waals surface area contributed by atoms with Crippen molar-refractivity contribution < 1.29 is 9.47 Å². The number of nitrogens with zero attached hydrogens (tertiary/aromatic N) is 1. The van der Waals surface area contributed by atoms with Crippen molar-refractivity contribution in [2.45, 2.75) is 51.0 Å². The van der Waals surface area contributed by atoms with Crippen molar-refractivity contribution >= 4 is 0 Å². The Hall–Kier alpha value is -0.160. The molecule has 0 aromatic rings. The Morgan fingerprint density at radius 3 is 2.88 bits per heavy atom. The van der Waals surface area contributed by atoms with Gasteiger partial charge in [0.1, 0.15) is 0 Å². The predicted molar refractivity (Wildman–Crippen MR) is 63.4 cm³/mol. The van der Waals surface area contributed by atoms with Crippen LogP contribution in [-0.2, 0) is 9.47 Å². The summed E-state index contributed by atoms with van der Waals surface area (Å²) in [4.78, 5) is 2.43. The molecule has 0 aliphatic carbocycles. The van der Waals surface area contributed by atoms with E-state index in [1.807, 2.05) is 6.92 Å². The maximum atomic E-state index is 5.88. The smallest absolute Gasteiger partial charge is 0.0850 e. The summed E-state index contributed by atoms with van der Waals surface area (Å²) in [6.07, 6.45) is 3.44. The van der Waals surface area contributed by atoms with Gasteiger partial charge in [-0.1, -0.05) is 0 Å². The van der Waals surface area contributed by atoms with Gasteiger partial charge in [-0.05, 0) is 26.7 Å². The van der Waals surface area contributed by atoms with Crippen LogP contribution in [0, 0.1) is 0 Å². The average molecular weight is 228 g/mol. The summed E-state index contributed by atoms with van der Waals surface area (Å²) >= 11 is 0. The van der Waals surface area contributed by atoms with Crippen molar-refractivity contribution in [1.82, 2.24) is 4.90 Å². The quantitative estimate of drug-likeness (QED) is 0.768. The normalized spacial score (nSPS) is 38.8. The third-order valence-corrected chi connectivity index (χ3v) is 3.55. The Morgan fingerprint density at radius 1 is 1.44 bits per heavy atom. The Balaban J connectivity index is 1.77. The number of rotatable bonds is 3. The maximum Gasteiger partial charge on any atom is 0.0850 e. The van der Waals surface area contributed by atoms with Crippen molar-refractivity contribution in [3.8, 4) is 0 Å². The molecule has 2 N–H and O–H groups in total. The van der Waals surface area contributed by atoms with Crippen molar-refractivity contribution in [2.24, 2.45) is 5.73 Å². The van der Waals surface area contributed by atoms with Crippen LogP contribution in [0.1, 0.15) is 26.7 Å². The molecule has 94 valence electrons. The van der Waals surface area contributed by atoms with Crippen molar-refractivity contribution in [2.75, 3.05) is 26.2 Å². The zero-order valence-corrected chi connectivity index (χ0v) is 10.4. The highest BCUT2D eigenvalue weighted by atomic mass is 16.5. The standard InChI is InChI=1S/C12H24N2O2/c1-9-3-4-11(16-9)7-14-5-6-15-12(8-14)10(2)13/h9-12H,3-8,13H2,1-2H3. The van der Waals surface area contributed by atoms with Gasteiger partial charge in [-0.15, -0.1) is 0 Å². The molecule has 0 spiro atoms. The van der Waals surface area contributed by atoms with Crippen molar-refractivity contribution in [3.05, 3.63) is 0 Å². The third-order valence-electron chi connectivity index (χ3n) is 3.55. The fraction of sp³-hybridized carbons (Fsp3) is 1.00. The Kier molecular flexibility index (Phi) is 4.19. The summed E-state index contributed by atoms with van der Waals surface area (Å²) in [5, 5.41) is 0. The number of nitrogens with two attached hydrogens (primary N) is 1. The molecular formula is C12H24N2O2. The zero-order chi connectivity index (χ0) is 11.5. The summed E-state index contributed by atoms with van der Waals surface area (Å²) in [7, 11) is 0. The average Bonchev–Trinajstić information content (AvgIpc) is 2.64. The lowest BCUT2D eigenvalue weighted by atomic mass is 10.1. The van der Waals surface area contributed by atoms with E-state index in [0.717, 1.165) is 26.2 Å². The van der Waals surface area contributed by atoms with Gasteiger partial charge in [0.15, 0.2) is 0 Å². The molecule has 4 atom stereocenters. The minimum Gasteiger partial charge on any atom is -0.374 e. The largest absolute Gasteiger partial charge is 0.374 e. The molecule has 0 radical (unpaired) electrons.